The van der Waals surface area contributed by atoms with Crippen LogP contribution in [-0.4, -0.2) is 10.9 Å². The minimum absolute atomic E-state index is 0.319. The summed E-state index contributed by atoms with van der Waals surface area (Å²) in [4.78, 5) is 0. The number of fused-ring (bicyclic) bond motifs is 2. The summed E-state index contributed by atoms with van der Waals surface area (Å²) in [5, 5.41) is 12.1. The van der Waals surface area contributed by atoms with Crippen LogP contribution in [0.25, 0.3) is 0 Å². The van der Waals surface area contributed by atoms with Gasteiger partial charge in [0.2, 0.25) is 0 Å². The van der Waals surface area contributed by atoms with E-state index in [0.29, 0.717) is 5.41 Å². The zero-order chi connectivity index (χ0) is 7.90. The monoisotopic (exact) mass is 153 g/mol. The molecule has 0 saturated heterocycles. The highest BCUT2D eigenvalue weighted by molar-refractivity contribution is 5.88. The molecule has 0 aliphatic heterocycles. The summed E-state index contributed by atoms with van der Waals surface area (Å²) in [7, 11) is 0. The smallest absolute Gasteiger partial charge is 0.0601 e. The molecule has 11 heavy (non-hydrogen) atoms. The summed E-state index contributed by atoms with van der Waals surface area (Å²) >= 11 is 0. The minimum Gasteiger partial charge on any atom is -0.411 e. The fraction of sp³-hybridized carbons (Fsp3) is 0.889. The molecule has 0 aromatic carbocycles. The van der Waals surface area contributed by atoms with Gasteiger partial charge in [0, 0.05) is 5.41 Å². The molecule has 0 atom stereocenters. The molecule has 0 amide bonds. The lowest BCUT2D eigenvalue weighted by Gasteiger charge is -2.24. The first-order valence-electron chi connectivity index (χ1n) is 4.46. The highest BCUT2D eigenvalue weighted by atomic mass is 16.4. The van der Waals surface area contributed by atoms with Crippen LogP contribution in [0.2, 0.25) is 0 Å². The van der Waals surface area contributed by atoms with Gasteiger partial charge >= 0.3 is 0 Å². The Hall–Kier alpha value is -0.530. The summed E-state index contributed by atoms with van der Waals surface area (Å²) in [6, 6.07) is 0. The van der Waals surface area contributed by atoms with Gasteiger partial charge in [-0.3, -0.25) is 0 Å². The first kappa shape index (κ1) is 7.14. The number of hydrogen-bond donors (Lipinski definition) is 1. The predicted octanol–water partition coefficient (Wildman–Crippen LogP) is 2.42. The Morgan fingerprint density at radius 2 is 2.09 bits per heavy atom. The van der Waals surface area contributed by atoms with Crippen molar-refractivity contribution in [2.24, 2.45) is 16.5 Å². The van der Waals surface area contributed by atoms with E-state index in [1.165, 1.54) is 32.1 Å². The molecular weight excluding hydrogens is 138 g/mol. The van der Waals surface area contributed by atoms with Gasteiger partial charge < -0.3 is 5.21 Å². The molecule has 2 aliphatic carbocycles. The molecule has 2 bridgehead atoms. The van der Waals surface area contributed by atoms with Gasteiger partial charge in [-0.1, -0.05) is 5.16 Å². The lowest BCUT2D eigenvalue weighted by molar-refractivity contribution is 0.302. The molecule has 1 N–H and O–H groups in total. The Labute approximate surface area is 67.3 Å². The molecule has 0 spiro atoms. The van der Waals surface area contributed by atoms with E-state index in [-0.39, 0.29) is 0 Å². The van der Waals surface area contributed by atoms with Gasteiger partial charge in [0.1, 0.15) is 0 Å². The van der Waals surface area contributed by atoms with Gasteiger partial charge in [-0.05, 0) is 44.9 Å². The van der Waals surface area contributed by atoms with Crippen LogP contribution in [-0.2, 0) is 0 Å². The lowest BCUT2D eigenvalue weighted by Crippen LogP contribution is -2.23. The number of rotatable bonds is 1. The van der Waals surface area contributed by atoms with E-state index in [1.54, 1.807) is 0 Å². The standard InChI is InChI=1S/C9H15NO/c1-7(10-11)9-4-2-8(6-9)3-5-9/h8,11H,2-6H2,1H3/b10-7-. The minimum atomic E-state index is 0.319. The fourth-order valence-electron chi connectivity index (χ4n) is 2.81. The largest absolute Gasteiger partial charge is 0.411 e. The van der Waals surface area contributed by atoms with Crippen molar-refractivity contribution in [2.45, 2.75) is 39.0 Å². The second-order valence-electron chi connectivity index (χ2n) is 4.11. The van der Waals surface area contributed by atoms with Crippen LogP contribution in [0.4, 0.5) is 0 Å². The molecule has 2 aliphatic rings. The topological polar surface area (TPSA) is 32.6 Å². The summed E-state index contributed by atoms with van der Waals surface area (Å²) in [5.41, 5.74) is 1.29. The first-order valence-corrected chi connectivity index (χ1v) is 4.46. The molecule has 0 radical (unpaired) electrons. The quantitative estimate of drug-likeness (QED) is 0.350. The third-order valence-corrected chi connectivity index (χ3v) is 3.66. The predicted molar refractivity (Wildman–Crippen MR) is 43.9 cm³/mol. The molecule has 0 aromatic rings. The zero-order valence-corrected chi connectivity index (χ0v) is 7.01. The van der Waals surface area contributed by atoms with Crippen LogP contribution in [0, 0.1) is 11.3 Å². The average molecular weight is 153 g/mol. The van der Waals surface area contributed by atoms with Crippen LogP contribution >= 0.6 is 0 Å². The number of hydrogen-bond acceptors (Lipinski definition) is 2. The highest BCUT2D eigenvalue weighted by Gasteiger charge is 2.46. The Kier molecular flexibility index (Phi) is 1.44. The van der Waals surface area contributed by atoms with Gasteiger partial charge in [-0.25, -0.2) is 0 Å². The molecular formula is C9H15NO. The Morgan fingerprint density at radius 1 is 1.45 bits per heavy atom. The molecule has 62 valence electrons. The van der Waals surface area contributed by atoms with Gasteiger partial charge in [-0.15, -0.1) is 0 Å². The number of oxime groups is 1. The van der Waals surface area contributed by atoms with Crippen molar-refractivity contribution in [1.29, 1.82) is 0 Å². The van der Waals surface area contributed by atoms with Crippen molar-refractivity contribution in [3.8, 4) is 0 Å². The molecule has 0 unspecified atom stereocenters. The van der Waals surface area contributed by atoms with Gasteiger partial charge in [0.05, 0.1) is 5.71 Å². The molecule has 0 aromatic heterocycles. The molecule has 2 nitrogen and oxygen atoms in total. The average Bonchev–Trinajstić information content (AvgIpc) is 2.62. The molecule has 2 heteroatoms. The normalized spacial score (nSPS) is 43.4. The van der Waals surface area contributed by atoms with E-state index in [0.717, 1.165) is 11.6 Å². The van der Waals surface area contributed by atoms with Crippen molar-refractivity contribution in [3.63, 3.8) is 0 Å². The summed E-state index contributed by atoms with van der Waals surface area (Å²) < 4.78 is 0. The maximum absolute atomic E-state index is 8.70. The van der Waals surface area contributed by atoms with E-state index >= 15 is 0 Å². The van der Waals surface area contributed by atoms with Crippen LogP contribution in [0.1, 0.15) is 39.0 Å². The highest BCUT2D eigenvalue weighted by Crippen LogP contribution is 2.54. The second kappa shape index (κ2) is 2.23. The third-order valence-electron chi connectivity index (χ3n) is 3.66. The van der Waals surface area contributed by atoms with Gasteiger partial charge in [0.15, 0.2) is 0 Å². The molecule has 2 rings (SSSR count). The van der Waals surface area contributed by atoms with Crippen molar-refractivity contribution < 1.29 is 5.21 Å². The van der Waals surface area contributed by atoms with E-state index in [1.807, 2.05) is 6.92 Å². The Morgan fingerprint density at radius 3 is 2.45 bits per heavy atom. The SMILES string of the molecule is C/C(=N/O)C12CCC(CC1)C2. The second-order valence-corrected chi connectivity index (χ2v) is 4.11. The lowest BCUT2D eigenvalue weighted by atomic mass is 9.80. The van der Waals surface area contributed by atoms with Crippen LogP contribution < -0.4 is 0 Å². The summed E-state index contributed by atoms with van der Waals surface area (Å²) in [6.45, 7) is 1.97. The van der Waals surface area contributed by atoms with Gasteiger partial charge in [0.25, 0.3) is 0 Å². The first-order chi connectivity index (χ1) is 5.27. The van der Waals surface area contributed by atoms with Gasteiger partial charge in [-0.2, -0.15) is 0 Å². The van der Waals surface area contributed by atoms with Crippen molar-refractivity contribution in [2.75, 3.05) is 0 Å². The fourth-order valence-corrected chi connectivity index (χ4v) is 2.81. The Balaban J connectivity index is 2.22. The van der Waals surface area contributed by atoms with Crippen molar-refractivity contribution in [3.05, 3.63) is 0 Å². The summed E-state index contributed by atoms with van der Waals surface area (Å²) in [5.74, 6) is 0.937. The molecule has 2 fully saturated rings. The zero-order valence-electron chi connectivity index (χ0n) is 7.01. The Bertz CT molecular complexity index is 190. The molecule has 2 saturated carbocycles. The van der Waals surface area contributed by atoms with Crippen LogP contribution in [0.3, 0.4) is 0 Å². The van der Waals surface area contributed by atoms with Crippen molar-refractivity contribution in [1.82, 2.24) is 0 Å². The maximum atomic E-state index is 8.70. The van der Waals surface area contributed by atoms with E-state index in [9.17, 15) is 0 Å². The van der Waals surface area contributed by atoms with Crippen LogP contribution in [0.5, 0.6) is 0 Å². The van der Waals surface area contributed by atoms with E-state index < -0.39 is 0 Å². The van der Waals surface area contributed by atoms with Crippen LogP contribution in [0.15, 0.2) is 5.16 Å². The maximum Gasteiger partial charge on any atom is 0.0601 e. The van der Waals surface area contributed by atoms with Crippen molar-refractivity contribution >= 4 is 5.71 Å². The number of nitrogens with zero attached hydrogens (tertiary/aromatic N) is 1. The third kappa shape index (κ3) is 0.883. The van der Waals surface area contributed by atoms with E-state index in [2.05, 4.69) is 5.16 Å². The molecule has 0 heterocycles. The summed E-state index contributed by atoms with van der Waals surface area (Å²) in [6.07, 6.45) is 6.50. The van der Waals surface area contributed by atoms with E-state index in [4.69, 9.17) is 5.21 Å².